The lowest BCUT2D eigenvalue weighted by Crippen LogP contribution is -2.56. The number of phenols is 1. The average Bonchev–Trinajstić information content (AvgIpc) is 2.96. The summed E-state index contributed by atoms with van der Waals surface area (Å²) in [6.07, 6.45) is 0.569. The number of carboxylic acid groups (broad SMARTS) is 1. The van der Waals surface area contributed by atoms with Crippen molar-refractivity contribution in [1.82, 2.24) is 19.5 Å². The van der Waals surface area contributed by atoms with Crippen LogP contribution in [0.1, 0.15) is 10.4 Å². The number of carboxylic acids is 1. The summed E-state index contributed by atoms with van der Waals surface area (Å²) < 4.78 is 30.8. The van der Waals surface area contributed by atoms with E-state index in [0.717, 1.165) is 10.6 Å². The Morgan fingerprint density at radius 2 is 2.13 bits per heavy atom. The second-order valence-corrected chi connectivity index (χ2v) is 6.66. The van der Waals surface area contributed by atoms with Gasteiger partial charge in [0.25, 0.3) is 15.2 Å². The topological polar surface area (TPSA) is 146 Å². The number of hydrogen-bond acceptors (Lipinski definition) is 7. The van der Waals surface area contributed by atoms with Crippen LogP contribution >= 0.6 is 0 Å². The molecule has 2 aromatic rings. The lowest BCUT2D eigenvalue weighted by Gasteiger charge is -2.37. The quantitative estimate of drug-likeness (QED) is 0.670. The first-order valence-corrected chi connectivity index (χ1v) is 7.91. The van der Waals surface area contributed by atoms with Crippen molar-refractivity contribution >= 4 is 16.0 Å². The van der Waals surface area contributed by atoms with Gasteiger partial charge in [-0.25, -0.2) is 23.3 Å². The average molecular weight is 340 g/mol. The van der Waals surface area contributed by atoms with E-state index >= 15 is 0 Å². The molecular weight excluding hydrogens is 328 g/mol. The molecule has 0 radical (unpaired) electrons. The lowest BCUT2D eigenvalue weighted by molar-refractivity contribution is 0.0630. The van der Waals surface area contributed by atoms with Crippen LogP contribution in [0.2, 0.25) is 0 Å². The molecule has 0 unspecified atom stereocenters. The number of H-pyrrole nitrogens is 1. The summed E-state index contributed by atoms with van der Waals surface area (Å²) in [7, 11) is -3.76. The van der Waals surface area contributed by atoms with E-state index in [1.165, 1.54) is 18.2 Å². The predicted octanol–water partition coefficient (Wildman–Crippen LogP) is -0.340. The highest BCUT2D eigenvalue weighted by molar-refractivity contribution is 7.89. The fourth-order valence-corrected chi connectivity index (χ4v) is 3.44. The van der Waals surface area contributed by atoms with Crippen molar-refractivity contribution < 1.29 is 28.2 Å². The molecule has 1 aliphatic rings. The fraction of sp³-hybridized carbons (Fsp3) is 0.250. The first kappa shape index (κ1) is 15.2. The molecule has 1 aromatic carbocycles. The zero-order chi connectivity index (χ0) is 16.6. The van der Waals surface area contributed by atoms with E-state index in [0.29, 0.717) is 0 Å². The van der Waals surface area contributed by atoms with Gasteiger partial charge in [-0.05, 0) is 12.1 Å². The van der Waals surface area contributed by atoms with Gasteiger partial charge >= 0.3 is 5.97 Å². The molecule has 3 N–H and O–H groups in total. The number of nitrogens with one attached hydrogen (secondary N) is 1. The molecule has 0 bridgehead atoms. The van der Waals surface area contributed by atoms with Crippen LogP contribution in [-0.4, -0.2) is 63.3 Å². The minimum atomic E-state index is -3.76. The maximum absolute atomic E-state index is 12.1. The molecule has 23 heavy (non-hydrogen) atoms. The molecule has 1 fully saturated rings. The van der Waals surface area contributed by atoms with E-state index in [2.05, 4.69) is 15.2 Å². The summed E-state index contributed by atoms with van der Waals surface area (Å²) in [4.78, 5) is 14.7. The molecular formula is C12H12N4O6S. The molecule has 1 aliphatic heterocycles. The second kappa shape index (κ2) is 5.52. The number of nitrogens with zero attached hydrogens (tertiary/aromatic N) is 3. The molecule has 10 nitrogen and oxygen atoms in total. The predicted molar refractivity (Wildman–Crippen MR) is 74.6 cm³/mol. The van der Waals surface area contributed by atoms with E-state index < -0.39 is 27.8 Å². The monoisotopic (exact) mass is 340 g/mol. The van der Waals surface area contributed by atoms with Gasteiger partial charge in [0.2, 0.25) is 0 Å². The molecule has 11 heteroatoms. The highest BCUT2D eigenvalue weighted by atomic mass is 32.2. The lowest BCUT2D eigenvalue weighted by atomic mass is 10.1. The van der Waals surface area contributed by atoms with Crippen LogP contribution < -0.4 is 4.74 Å². The molecule has 2 heterocycles. The zero-order valence-electron chi connectivity index (χ0n) is 11.6. The third kappa shape index (κ3) is 2.71. The van der Waals surface area contributed by atoms with Crippen LogP contribution in [0.15, 0.2) is 29.7 Å². The number of hydrogen-bond donors (Lipinski definition) is 3. The van der Waals surface area contributed by atoms with E-state index in [4.69, 9.17) is 9.84 Å². The van der Waals surface area contributed by atoms with Gasteiger partial charge in [0, 0.05) is 0 Å². The maximum Gasteiger partial charge on any atom is 0.343 e. The maximum atomic E-state index is 12.1. The van der Waals surface area contributed by atoms with Crippen LogP contribution in [0.25, 0.3) is 0 Å². The van der Waals surface area contributed by atoms with Gasteiger partial charge in [-0.1, -0.05) is 6.07 Å². The zero-order valence-corrected chi connectivity index (χ0v) is 12.4. The number of benzene rings is 1. The SMILES string of the molecule is O=C(O)c1c(O)cccc1OC1CN(S(=O)(=O)c2ncn[nH]2)C1. The Morgan fingerprint density at radius 3 is 2.74 bits per heavy atom. The summed E-state index contributed by atoms with van der Waals surface area (Å²) in [5, 5.41) is 24.2. The van der Waals surface area contributed by atoms with E-state index in [9.17, 15) is 18.3 Å². The summed E-state index contributed by atoms with van der Waals surface area (Å²) in [6, 6.07) is 4.08. The number of ether oxygens (including phenoxy) is 1. The van der Waals surface area contributed by atoms with Gasteiger partial charge in [0.15, 0.2) is 0 Å². The highest BCUT2D eigenvalue weighted by Crippen LogP contribution is 2.30. The van der Waals surface area contributed by atoms with E-state index in [1.807, 2.05) is 0 Å². The van der Waals surface area contributed by atoms with Crippen molar-refractivity contribution in [3.8, 4) is 11.5 Å². The Labute approximate surface area is 130 Å². The standard InChI is InChI=1S/C12H12N4O6S/c17-8-2-1-3-9(10(8)11(18)19)22-7-4-16(5-7)23(20,21)12-13-6-14-15-12/h1-3,6-7,17H,4-5H2,(H,18,19)(H,13,14,15). The normalized spacial score (nSPS) is 16.0. The smallest absolute Gasteiger partial charge is 0.343 e. The number of aromatic nitrogens is 3. The van der Waals surface area contributed by atoms with E-state index in [-0.39, 0.29) is 29.6 Å². The summed E-state index contributed by atoms with van der Waals surface area (Å²) in [5.41, 5.74) is -0.357. The van der Waals surface area contributed by atoms with Crippen LogP contribution in [-0.2, 0) is 10.0 Å². The molecule has 0 spiro atoms. The van der Waals surface area contributed by atoms with Crippen molar-refractivity contribution in [2.24, 2.45) is 0 Å². The van der Waals surface area contributed by atoms with Crippen LogP contribution in [0, 0.1) is 0 Å². The third-order valence-electron chi connectivity index (χ3n) is 3.30. The van der Waals surface area contributed by atoms with Crippen LogP contribution in [0.4, 0.5) is 0 Å². The number of rotatable bonds is 5. The highest BCUT2D eigenvalue weighted by Gasteiger charge is 2.40. The van der Waals surface area contributed by atoms with Gasteiger partial charge in [-0.3, -0.25) is 0 Å². The summed E-state index contributed by atoms with van der Waals surface area (Å²) in [5.74, 6) is -1.76. The molecule has 0 atom stereocenters. The Hall–Kier alpha value is -2.66. The van der Waals surface area contributed by atoms with Gasteiger partial charge in [-0.2, -0.15) is 9.40 Å². The van der Waals surface area contributed by atoms with Crippen molar-refractivity contribution in [3.63, 3.8) is 0 Å². The fourth-order valence-electron chi connectivity index (χ4n) is 2.12. The molecule has 3 rings (SSSR count). The van der Waals surface area contributed by atoms with Crippen molar-refractivity contribution in [2.45, 2.75) is 11.3 Å². The summed E-state index contributed by atoms with van der Waals surface area (Å²) in [6.45, 7) is 0.0789. The molecule has 0 saturated carbocycles. The number of aromatic hydroxyl groups is 1. The Kier molecular flexibility index (Phi) is 3.66. The van der Waals surface area contributed by atoms with Crippen molar-refractivity contribution in [1.29, 1.82) is 0 Å². The summed E-state index contributed by atoms with van der Waals surface area (Å²) >= 11 is 0. The van der Waals surface area contributed by atoms with Gasteiger partial charge in [0.05, 0.1) is 13.1 Å². The number of aromatic amines is 1. The minimum absolute atomic E-state index is 0.0146. The largest absolute Gasteiger partial charge is 0.507 e. The van der Waals surface area contributed by atoms with Crippen molar-refractivity contribution in [2.75, 3.05) is 13.1 Å². The van der Waals surface area contributed by atoms with Gasteiger partial charge in [-0.15, -0.1) is 0 Å². The minimum Gasteiger partial charge on any atom is -0.507 e. The number of sulfonamides is 1. The number of carbonyl (C=O) groups is 1. The first-order valence-electron chi connectivity index (χ1n) is 6.47. The van der Waals surface area contributed by atoms with E-state index in [1.54, 1.807) is 0 Å². The molecule has 1 aromatic heterocycles. The molecule has 0 aliphatic carbocycles. The molecule has 122 valence electrons. The van der Waals surface area contributed by atoms with Crippen LogP contribution in [0.3, 0.4) is 0 Å². The van der Waals surface area contributed by atoms with Crippen LogP contribution in [0.5, 0.6) is 11.5 Å². The van der Waals surface area contributed by atoms with Gasteiger partial charge < -0.3 is 14.9 Å². The van der Waals surface area contributed by atoms with Crippen molar-refractivity contribution in [3.05, 3.63) is 30.1 Å². The second-order valence-electron chi connectivity index (χ2n) is 4.81. The number of aromatic carboxylic acids is 1. The Balaban J connectivity index is 1.70. The molecule has 1 saturated heterocycles. The first-order chi connectivity index (χ1) is 10.9. The molecule has 0 amide bonds. The van der Waals surface area contributed by atoms with Gasteiger partial charge in [0.1, 0.15) is 29.5 Å². The third-order valence-corrected chi connectivity index (χ3v) is 4.97. The Bertz CT molecular complexity index is 829. The Morgan fingerprint density at radius 1 is 1.39 bits per heavy atom.